The van der Waals surface area contributed by atoms with Crippen LogP contribution in [0.1, 0.15) is 38.5 Å². The number of carbonyl (C=O) groups excluding carboxylic acids is 1. The van der Waals surface area contributed by atoms with E-state index in [1.54, 1.807) is 11.7 Å². The van der Waals surface area contributed by atoms with E-state index >= 15 is 0 Å². The third kappa shape index (κ3) is 3.99. The van der Waals surface area contributed by atoms with E-state index < -0.39 is 0 Å². The fraction of sp³-hybridized carbons (Fsp3) is 0.458. The SMILES string of the molecule is COc1cccc(-n2c(N3CCCC(C(=O)NC4CCCC4)C3)nc3ccsc3c2=O)c1. The summed E-state index contributed by atoms with van der Waals surface area (Å²) in [6.07, 6.45) is 6.29. The van der Waals surface area contributed by atoms with Gasteiger partial charge in [0, 0.05) is 25.2 Å². The molecule has 7 nitrogen and oxygen atoms in total. The second-order valence-electron chi connectivity index (χ2n) is 8.66. The number of methoxy groups -OCH3 is 1. The van der Waals surface area contributed by atoms with Gasteiger partial charge in [-0.2, -0.15) is 0 Å². The van der Waals surface area contributed by atoms with Gasteiger partial charge in [-0.05, 0) is 49.3 Å². The zero-order valence-electron chi connectivity index (χ0n) is 18.3. The highest BCUT2D eigenvalue weighted by Crippen LogP contribution is 2.28. The molecule has 1 aromatic carbocycles. The van der Waals surface area contributed by atoms with E-state index in [-0.39, 0.29) is 17.4 Å². The smallest absolute Gasteiger partial charge is 0.277 e. The molecule has 1 amide bonds. The van der Waals surface area contributed by atoms with Crippen LogP contribution in [0.5, 0.6) is 5.75 Å². The molecule has 0 bridgehead atoms. The van der Waals surface area contributed by atoms with Gasteiger partial charge in [-0.3, -0.25) is 9.59 Å². The van der Waals surface area contributed by atoms with Crippen molar-refractivity contribution in [2.24, 2.45) is 5.92 Å². The molecule has 1 N–H and O–H groups in total. The molecule has 2 aromatic heterocycles. The highest BCUT2D eigenvalue weighted by molar-refractivity contribution is 7.17. The maximum absolute atomic E-state index is 13.5. The number of piperidine rings is 1. The van der Waals surface area contributed by atoms with Crippen LogP contribution in [0.4, 0.5) is 5.95 Å². The standard InChI is InChI=1S/C24H28N4O3S/c1-31-19-10-4-9-18(14-19)28-23(30)21-20(11-13-32-21)26-24(28)27-12-5-6-16(15-27)22(29)25-17-7-2-3-8-17/h4,9-11,13-14,16-17H,2-3,5-8,12,15H2,1H3,(H,25,29). The first-order chi connectivity index (χ1) is 15.6. The summed E-state index contributed by atoms with van der Waals surface area (Å²) in [5.74, 6) is 1.30. The lowest BCUT2D eigenvalue weighted by molar-refractivity contribution is -0.125. The van der Waals surface area contributed by atoms with Crippen molar-refractivity contribution in [3.63, 3.8) is 0 Å². The number of aromatic nitrogens is 2. The van der Waals surface area contributed by atoms with Crippen LogP contribution in [0.15, 0.2) is 40.5 Å². The molecule has 2 aliphatic rings. The highest BCUT2D eigenvalue weighted by atomic mass is 32.1. The Bertz CT molecular complexity index is 1180. The van der Waals surface area contributed by atoms with E-state index in [2.05, 4.69) is 10.2 Å². The molecule has 3 aromatic rings. The van der Waals surface area contributed by atoms with Gasteiger partial charge in [-0.1, -0.05) is 18.9 Å². The van der Waals surface area contributed by atoms with Crippen LogP contribution in [-0.2, 0) is 4.79 Å². The number of nitrogens with one attached hydrogen (secondary N) is 1. The third-order valence-electron chi connectivity index (χ3n) is 6.55. The minimum atomic E-state index is -0.0989. The zero-order chi connectivity index (χ0) is 22.1. The van der Waals surface area contributed by atoms with E-state index in [0.29, 0.717) is 40.2 Å². The van der Waals surface area contributed by atoms with Gasteiger partial charge >= 0.3 is 0 Å². The zero-order valence-corrected chi connectivity index (χ0v) is 19.1. The first-order valence-corrected chi connectivity index (χ1v) is 12.2. The number of thiophene rings is 1. The summed E-state index contributed by atoms with van der Waals surface area (Å²) in [4.78, 5) is 33.4. The van der Waals surface area contributed by atoms with Crippen molar-refractivity contribution in [3.8, 4) is 11.4 Å². The molecule has 1 atom stereocenters. The van der Waals surface area contributed by atoms with Crippen molar-refractivity contribution in [1.82, 2.24) is 14.9 Å². The molecule has 1 saturated carbocycles. The highest BCUT2D eigenvalue weighted by Gasteiger charge is 2.30. The normalized spacial score (nSPS) is 19.4. The number of nitrogens with zero attached hydrogens (tertiary/aromatic N) is 3. The number of ether oxygens (including phenoxy) is 1. The van der Waals surface area contributed by atoms with E-state index in [9.17, 15) is 9.59 Å². The van der Waals surface area contributed by atoms with Gasteiger partial charge in [-0.25, -0.2) is 9.55 Å². The molecule has 5 rings (SSSR count). The number of benzene rings is 1. The molecular weight excluding hydrogens is 424 g/mol. The largest absolute Gasteiger partial charge is 0.497 e. The number of amides is 1. The fourth-order valence-electron chi connectivity index (χ4n) is 4.86. The first-order valence-electron chi connectivity index (χ1n) is 11.3. The predicted octanol–water partition coefficient (Wildman–Crippen LogP) is 3.73. The summed E-state index contributed by atoms with van der Waals surface area (Å²) >= 11 is 1.40. The Balaban J connectivity index is 1.51. The molecule has 32 heavy (non-hydrogen) atoms. The Hall–Kier alpha value is -2.87. The van der Waals surface area contributed by atoms with Crippen molar-refractivity contribution < 1.29 is 9.53 Å². The first kappa shape index (κ1) is 21.0. The Morgan fingerprint density at radius 1 is 1.19 bits per heavy atom. The number of anilines is 1. The van der Waals surface area contributed by atoms with Gasteiger partial charge in [0.25, 0.3) is 5.56 Å². The minimum absolute atomic E-state index is 0.0919. The van der Waals surface area contributed by atoms with Gasteiger partial charge in [0.2, 0.25) is 11.9 Å². The van der Waals surface area contributed by atoms with Gasteiger partial charge < -0.3 is 15.0 Å². The molecule has 0 spiro atoms. The second kappa shape index (κ2) is 8.94. The van der Waals surface area contributed by atoms with Gasteiger partial charge in [0.05, 0.1) is 24.2 Å². The Labute approximate surface area is 191 Å². The summed E-state index contributed by atoms with van der Waals surface area (Å²) < 4.78 is 7.68. The van der Waals surface area contributed by atoms with Crippen molar-refractivity contribution in [1.29, 1.82) is 0 Å². The molecule has 8 heteroatoms. The lowest BCUT2D eigenvalue weighted by atomic mass is 9.97. The van der Waals surface area contributed by atoms with Gasteiger partial charge in [0.15, 0.2) is 0 Å². The molecule has 1 saturated heterocycles. The summed E-state index contributed by atoms with van der Waals surface area (Å²) in [6.45, 7) is 1.32. The van der Waals surface area contributed by atoms with Crippen LogP contribution in [-0.4, -0.2) is 41.7 Å². The molecule has 0 radical (unpaired) electrons. The lowest BCUT2D eigenvalue weighted by Crippen LogP contribution is -2.46. The van der Waals surface area contributed by atoms with Crippen LogP contribution in [0, 0.1) is 5.92 Å². The molecule has 168 valence electrons. The summed E-state index contributed by atoms with van der Waals surface area (Å²) in [7, 11) is 1.61. The Morgan fingerprint density at radius 3 is 2.84 bits per heavy atom. The molecule has 2 fully saturated rings. The summed E-state index contributed by atoms with van der Waals surface area (Å²) in [5, 5.41) is 5.15. The van der Waals surface area contributed by atoms with E-state index in [1.165, 1.54) is 24.2 Å². The monoisotopic (exact) mass is 452 g/mol. The number of carbonyl (C=O) groups is 1. The average Bonchev–Trinajstić information content (AvgIpc) is 3.51. The molecular formula is C24H28N4O3S. The molecule has 1 unspecified atom stereocenters. The van der Waals surface area contributed by atoms with Crippen LogP contribution >= 0.6 is 11.3 Å². The van der Waals surface area contributed by atoms with Crippen LogP contribution in [0.3, 0.4) is 0 Å². The van der Waals surface area contributed by atoms with Crippen molar-refractivity contribution in [2.45, 2.75) is 44.6 Å². The topological polar surface area (TPSA) is 76.5 Å². The van der Waals surface area contributed by atoms with E-state index in [1.807, 2.05) is 35.7 Å². The van der Waals surface area contributed by atoms with Crippen molar-refractivity contribution in [3.05, 3.63) is 46.1 Å². The quantitative estimate of drug-likeness (QED) is 0.638. The van der Waals surface area contributed by atoms with Gasteiger partial charge in [0.1, 0.15) is 10.4 Å². The minimum Gasteiger partial charge on any atom is -0.497 e. The second-order valence-corrected chi connectivity index (χ2v) is 9.58. The Morgan fingerprint density at radius 2 is 2.03 bits per heavy atom. The maximum atomic E-state index is 13.5. The van der Waals surface area contributed by atoms with Crippen LogP contribution in [0.25, 0.3) is 15.9 Å². The predicted molar refractivity (Wildman–Crippen MR) is 127 cm³/mol. The lowest BCUT2D eigenvalue weighted by Gasteiger charge is -2.34. The van der Waals surface area contributed by atoms with E-state index in [4.69, 9.17) is 9.72 Å². The molecule has 1 aliphatic carbocycles. The summed E-state index contributed by atoms with van der Waals surface area (Å²) in [5.41, 5.74) is 1.32. The number of hydrogen-bond acceptors (Lipinski definition) is 6. The average molecular weight is 453 g/mol. The Kier molecular flexibility index (Phi) is 5.87. The van der Waals surface area contributed by atoms with Gasteiger partial charge in [-0.15, -0.1) is 11.3 Å². The third-order valence-corrected chi connectivity index (χ3v) is 7.44. The number of rotatable bonds is 5. The number of fused-ring (bicyclic) bond motifs is 1. The summed E-state index contributed by atoms with van der Waals surface area (Å²) in [6, 6.07) is 9.66. The van der Waals surface area contributed by atoms with Crippen molar-refractivity contribution in [2.75, 3.05) is 25.1 Å². The van der Waals surface area contributed by atoms with Crippen LogP contribution < -0.4 is 20.5 Å². The fourth-order valence-corrected chi connectivity index (χ4v) is 5.62. The van der Waals surface area contributed by atoms with Crippen LogP contribution in [0.2, 0.25) is 0 Å². The van der Waals surface area contributed by atoms with Crippen molar-refractivity contribution >= 4 is 33.4 Å². The van der Waals surface area contributed by atoms with E-state index in [0.717, 1.165) is 32.2 Å². The molecule has 1 aliphatic heterocycles. The molecule has 3 heterocycles. The number of hydrogen-bond donors (Lipinski definition) is 1. The maximum Gasteiger partial charge on any atom is 0.277 e.